The zero-order valence-electron chi connectivity index (χ0n) is 25.3. The molecule has 0 aliphatic rings. The van der Waals surface area contributed by atoms with Gasteiger partial charge in [0.05, 0.1) is 5.69 Å². The lowest BCUT2D eigenvalue weighted by molar-refractivity contribution is 1.26. The van der Waals surface area contributed by atoms with E-state index in [9.17, 15) is 0 Å². The highest BCUT2D eigenvalue weighted by Crippen LogP contribution is 2.48. The van der Waals surface area contributed by atoms with Gasteiger partial charge in [-0.1, -0.05) is 103 Å². The number of aryl methyl sites for hydroxylation is 2. The molecule has 8 aromatic rings. The molecule has 0 fully saturated rings. The van der Waals surface area contributed by atoms with E-state index < -0.39 is 0 Å². The lowest BCUT2D eigenvalue weighted by Crippen LogP contribution is -2.11. The molecule has 3 heteroatoms. The maximum absolute atomic E-state index is 2.42. The lowest BCUT2D eigenvalue weighted by atomic mass is 10.00. The van der Waals surface area contributed by atoms with Crippen molar-refractivity contribution in [3.05, 3.63) is 169 Å². The Morgan fingerprint density at radius 1 is 0.378 bits per heavy atom. The van der Waals surface area contributed by atoms with Gasteiger partial charge in [0.15, 0.2) is 0 Å². The number of benzene rings is 7. The van der Waals surface area contributed by atoms with Crippen LogP contribution in [0.2, 0.25) is 0 Å². The summed E-state index contributed by atoms with van der Waals surface area (Å²) >= 11 is 1.88. The first-order chi connectivity index (χ1) is 22.2. The Bertz CT molecular complexity index is 2300. The molecule has 0 saturated carbocycles. The summed E-state index contributed by atoms with van der Waals surface area (Å²) in [5.41, 5.74) is 9.51. The zero-order chi connectivity index (χ0) is 30.3. The first kappa shape index (κ1) is 27.2. The van der Waals surface area contributed by atoms with Crippen molar-refractivity contribution >= 4 is 76.4 Å². The number of hydrogen-bond acceptors (Lipinski definition) is 3. The average molecular weight is 597 g/mol. The topological polar surface area (TPSA) is 6.48 Å². The highest BCUT2D eigenvalue weighted by atomic mass is 32.1. The SMILES string of the molecule is Cc1ccccc1N(c1ccccc1)c1ccc2c(c1)sc1cc(N(c3ccccc3)c3ccccc3C)c3ccccc3c12. The van der Waals surface area contributed by atoms with Gasteiger partial charge < -0.3 is 9.80 Å². The van der Waals surface area contributed by atoms with E-state index in [-0.39, 0.29) is 0 Å². The molecule has 0 saturated heterocycles. The van der Waals surface area contributed by atoms with Crippen molar-refractivity contribution in [1.29, 1.82) is 0 Å². The predicted molar refractivity (Wildman–Crippen MR) is 196 cm³/mol. The van der Waals surface area contributed by atoms with Gasteiger partial charge in [-0.05, 0) is 85.0 Å². The molecule has 1 aromatic heterocycles. The molecule has 216 valence electrons. The molecule has 0 aliphatic heterocycles. The van der Waals surface area contributed by atoms with Crippen molar-refractivity contribution in [3.8, 4) is 0 Å². The maximum Gasteiger partial charge on any atom is 0.0554 e. The van der Waals surface area contributed by atoms with Crippen molar-refractivity contribution < 1.29 is 0 Å². The van der Waals surface area contributed by atoms with Crippen molar-refractivity contribution in [1.82, 2.24) is 0 Å². The summed E-state index contributed by atoms with van der Waals surface area (Å²) in [5, 5.41) is 5.13. The second-order valence-electron chi connectivity index (χ2n) is 11.5. The molecule has 2 nitrogen and oxygen atoms in total. The van der Waals surface area contributed by atoms with Gasteiger partial charge in [-0.2, -0.15) is 0 Å². The van der Waals surface area contributed by atoms with Crippen LogP contribution in [0, 0.1) is 13.8 Å². The summed E-state index contributed by atoms with van der Waals surface area (Å²) in [4.78, 5) is 4.79. The van der Waals surface area contributed by atoms with Crippen LogP contribution in [0.4, 0.5) is 34.1 Å². The van der Waals surface area contributed by atoms with Gasteiger partial charge >= 0.3 is 0 Å². The van der Waals surface area contributed by atoms with Gasteiger partial charge in [0.1, 0.15) is 0 Å². The molecule has 0 spiro atoms. The van der Waals surface area contributed by atoms with E-state index in [1.807, 2.05) is 11.3 Å². The minimum Gasteiger partial charge on any atom is -0.310 e. The van der Waals surface area contributed by atoms with Crippen LogP contribution in [-0.4, -0.2) is 0 Å². The third-order valence-corrected chi connectivity index (χ3v) is 9.78. The average Bonchev–Trinajstić information content (AvgIpc) is 3.46. The molecular formula is C42H32N2S. The van der Waals surface area contributed by atoms with E-state index in [0.29, 0.717) is 0 Å². The first-order valence-corrected chi connectivity index (χ1v) is 16.2. The number of thiophene rings is 1. The molecule has 0 amide bonds. The summed E-state index contributed by atoms with van der Waals surface area (Å²) < 4.78 is 2.56. The van der Waals surface area contributed by atoms with Gasteiger partial charge in [-0.15, -0.1) is 11.3 Å². The monoisotopic (exact) mass is 596 g/mol. The number of fused-ring (bicyclic) bond motifs is 5. The fraction of sp³-hybridized carbons (Fsp3) is 0.0476. The van der Waals surface area contributed by atoms with Gasteiger partial charge in [-0.3, -0.25) is 0 Å². The molecule has 0 unspecified atom stereocenters. The Morgan fingerprint density at radius 2 is 0.911 bits per heavy atom. The largest absolute Gasteiger partial charge is 0.310 e. The molecule has 8 rings (SSSR count). The normalized spacial score (nSPS) is 11.3. The van der Waals surface area contributed by atoms with Crippen LogP contribution >= 0.6 is 11.3 Å². The smallest absolute Gasteiger partial charge is 0.0554 e. The molecule has 45 heavy (non-hydrogen) atoms. The van der Waals surface area contributed by atoms with Crippen molar-refractivity contribution in [2.75, 3.05) is 9.80 Å². The highest BCUT2D eigenvalue weighted by Gasteiger charge is 2.21. The Labute approximate surface area is 268 Å². The van der Waals surface area contributed by atoms with E-state index in [1.165, 1.54) is 59.1 Å². The number of hydrogen-bond donors (Lipinski definition) is 0. The third-order valence-electron chi connectivity index (χ3n) is 8.68. The van der Waals surface area contributed by atoms with E-state index in [0.717, 1.165) is 17.1 Å². The van der Waals surface area contributed by atoms with Crippen LogP contribution in [-0.2, 0) is 0 Å². The molecule has 0 bridgehead atoms. The number of nitrogens with zero attached hydrogens (tertiary/aromatic N) is 2. The minimum absolute atomic E-state index is 1.15. The molecule has 1 heterocycles. The minimum atomic E-state index is 1.15. The van der Waals surface area contributed by atoms with Crippen LogP contribution in [0.15, 0.2) is 158 Å². The van der Waals surface area contributed by atoms with Crippen molar-refractivity contribution in [2.24, 2.45) is 0 Å². The summed E-state index contributed by atoms with van der Waals surface area (Å²) in [6.45, 7) is 4.38. The number of anilines is 6. The quantitative estimate of drug-likeness (QED) is 0.188. The fourth-order valence-corrected chi connectivity index (χ4v) is 7.74. The van der Waals surface area contributed by atoms with Crippen LogP contribution in [0.3, 0.4) is 0 Å². The number of rotatable bonds is 6. The van der Waals surface area contributed by atoms with Gasteiger partial charge in [-0.25, -0.2) is 0 Å². The zero-order valence-corrected chi connectivity index (χ0v) is 26.1. The van der Waals surface area contributed by atoms with Crippen LogP contribution in [0.25, 0.3) is 30.9 Å². The van der Waals surface area contributed by atoms with Crippen molar-refractivity contribution in [2.45, 2.75) is 13.8 Å². The summed E-state index contributed by atoms with van der Waals surface area (Å²) in [6.07, 6.45) is 0. The first-order valence-electron chi connectivity index (χ1n) is 15.4. The molecule has 0 N–H and O–H groups in total. The van der Waals surface area contributed by atoms with Gasteiger partial charge in [0, 0.05) is 54.0 Å². The molecular weight excluding hydrogens is 565 g/mol. The van der Waals surface area contributed by atoms with Gasteiger partial charge in [0.25, 0.3) is 0 Å². The summed E-state index contributed by atoms with van der Waals surface area (Å²) in [7, 11) is 0. The Kier molecular flexibility index (Phi) is 6.81. The maximum atomic E-state index is 2.42. The molecule has 0 radical (unpaired) electrons. The second kappa shape index (κ2) is 11.3. The molecule has 0 atom stereocenters. The lowest BCUT2D eigenvalue weighted by Gasteiger charge is -2.28. The summed E-state index contributed by atoms with van der Waals surface area (Å²) in [6, 6.07) is 56.9. The Balaban J connectivity index is 1.37. The van der Waals surface area contributed by atoms with E-state index >= 15 is 0 Å². The van der Waals surface area contributed by atoms with E-state index in [1.54, 1.807) is 0 Å². The highest BCUT2D eigenvalue weighted by molar-refractivity contribution is 7.26. The van der Waals surface area contributed by atoms with Crippen LogP contribution < -0.4 is 9.80 Å². The Morgan fingerprint density at radius 3 is 1.56 bits per heavy atom. The summed E-state index contributed by atoms with van der Waals surface area (Å²) in [5.74, 6) is 0. The second-order valence-corrected chi connectivity index (χ2v) is 12.6. The van der Waals surface area contributed by atoms with Crippen LogP contribution in [0.5, 0.6) is 0 Å². The standard InChI is InChI=1S/C42H32N2S/c1-29-15-9-13-23-37(29)43(31-17-5-3-6-18-31)33-25-26-36-40(27-33)45-41-28-39(34-21-11-12-22-35(34)42(36)41)44(32-19-7-4-8-20-32)38-24-14-10-16-30(38)2/h3-28H,1-2H3. The van der Waals surface area contributed by atoms with E-state index in [2.05, 4.69) is 181 Å². The van der Waals surface area contributed by atoms with E-state index in [4.69, 9.17) is 0 Å². The number of para-hydroxylation sites is 4. The molecule has 7 aromatic carbocycles. The van der Waals surface area contributed by atoms with Crippen molar-refractivity contribution in [3.63, 3.8) is 0 Å². The predicted octanol–water partition coefficient (Wildman–Crippen LogP) is 12.8. The van der Waals surface area contributed by atoms with Crippen LogP contribution in [0.1, 0.15) is 11.1 Å². The fourth-order valence-electron chi connectivity index (χ4n) is 6.55. The Hall–Kier alpha value is -5.38. The van der Waals surface area contributed by atoms with Gasteiger partial charge in [0.2, 0.25) is 0 Å². The third kappa shape index (κ3) is 4.73. The molecule has 0 aliphatic carbocycles.